The topological polar surface area (TPSA) is 145 Å². The molecule has 2 fully saturated rings. The summed E-state index contributed by atoms with van der Waals surface area (Å²) < 4.78 is 27.8. The van der Waals surface area contributed by atoms with Crippen molar-refractivity contribution in [2.75, 3.05) is 17.7 Å². The number of nitrogens with one attached hydrogen (secondary N) is 3. The maximum absolute atomic E-state index is 12.5. The fourth-order valence-corrected chi connectivity index (χ4v) is 6.41. The molecule has 13 heteroatoms. The number of anilines is 3. The Labute approximate surface area is 227 Å². The van der Waals surface area contributed by atoms with E-state index in [1.807, 2.05) is 38.6 Å². The SMILES string of the molecule is CNC1CCC(Nc2cc(Nc3ccnc(-c4cnn(S(=O)(=O)C5CC5)c4)n3)ncc2-c2ccn(C)n2)CC1. The van der Waals surface area contributed by atoms with Crippen LogP contribution in [0.4, 0.5) is 17.3 Å². The molecule has 12 nitrogen and oxygen atoms in total. The van der Waals surface area contributed by atoms with Crippen LogP contribution in [0, 0.1) is 0 Å². The van der Waals surface area contributed by atoms with Crippen LogP contribution < -0.4 is 16.0 Å². The minimum absolute atomic E-state index is 0.347. The molecule has 0 aromatic carbocycles. The lowest BCUT2D eigenvalue weighted by Gasteiger charge is -2.30. The summed E-state index contributed by atoms with van der Waals surface area (Å²) in [5, 5.41) is 18.7. The maximum atomic E-state index is 12.5. The molecule has 0 bridgehead atoms. The fourth-order valence-electron chi connectivity index (χ4n) is 4.93. The van der Waals surface area contributed by atoms with Crippen LogP contribution in [0.3, 0.4) is 0 Å². The van der Waals surface area contributed by atoms with Gasteiger partial charge in [-0.25, -0.2) is 23.4 Å². The Morgan fingerprint density at radius 3 is 2.49 bits per heavy atom. The molecule has 4 aromatic rings. The third kappa shape index (κ3) is 5.50. The molecule has 4 aromatic heterocycles. The molecule has 2 aliphatic rings. The molecular formula is C26H32N10O2S. The summed E-state index contributed by atoms with van der Waals surface area (Å²) in [5.41, 5.74) is 3.27. The molecule has 3 N–H and O–H groups in total. The molecule has 0 aliphatic heterocycles. The number of pyridine rings is 1. The van der Waals surface area contributed by atoms with Crippen LogP contribution in [-0.4, -0.2) is 66.7 Å². The molecule has 4 heterocycles. The van der Waals surface area contributed by atoms with Crippen molar-refractivity contribution in [1.29, 1.82) is 0 Å². The number of hydrogen-bond donors (Lipinski definition) is 3. The highest BCUT2D eigenvalue weighted by Gasteiger charge is 2.37. The highest BCUT2D eigenvalue weighted by Crippen LogP contribution is 2.33. The van der Waals surface area contributed by atoms with E-state index in [1.165, 1.54) is 12.4 Å². The lowest BCUT2D eigenvalue weighted by atomic mass is 9.91. The molecule has 6 rings (SSSR count). The quantitative estimate of drug-likeness (QED) is 0.285. The molecule has 0 radical (unpaired) electrons. The van der Waals surface area contributed by atoms with E-state index in [9.17, 15) is 8.42 Å². The second-order valence-corrected chi connectivity index (χ2v) is 12.3. The van der Waals surface area contributed by atoms with Gasteiger partial charge in [-0.2, -0.15) is 14.3 Å². The van der Waals surface area contributed by atoms with Gasteiger partial charge >= 0.3 is 0 Å². The van der Waals surface area contributed by atoms with E-state index in [0.717, 1.165) is 46.7 Å². The van der Waals surface area contributed by atoms with Gasteiger partial charge in [0.05, 0.1) is 28.9 Å². The van der Waals surface area contributed by atoms with Crippen LogP contribution in [0.15, 0.2) is 49.2 Å². The fraction of sp³-hybridized carbons (Fsp3) is 0.423. The van der Waals surface area contributed by atoms with Crippen LogP contribution in [0.25, 0.3) is 22.6 Å². The van der Waals surface area contributed by atoms with Crippen molar-refractivity contribution in [2.24, 2.45) is 7.05 Å². The van der Waals surface area contributed by atoms with E-state index in [-0.39, 0.29) is 5.25 Å². The van der Waals surface area contributed by atoms with Crippen molar-refractivity contribution in [3.63, 3.8) is 0 Å². The Hall–Kier alpha value is -3.84. The first-order chi connectivity index (χ1) is 18.9. The summed E-state index contributed by atoms with van der Waals surface area (Å²) >= 11 is 0. The summed E-state index contributed by atoms with van der Waals surface area (Å²) in [6, 6.07) is 6.64. The highest BCUT2D eigenvalue weighted by molar-refractivity contribution is 7.90. The van der Waals surface area contributed by atoms with Crippen molar-refractivity contribution in [1.82, 2.24) is 39.2 Å². The average molecular weight is 549 g/mol. The zero-order valence-electron chi connectivity index (χ0n) is 21.9. The predicted molar refractivity (Wildman–Crippen MR) is 149 cm³/mol. The van der Waals surface area contributed by atoms with Gasteiger partial charge in [0.15, 0.2) is 5.82 Å². The smallest absolute Gasteiger partial charge is 0.256 e. The lowest BCUT2D eigenvalue weighted by molar-refractivity contribution is 0.371. The molecule has 39 heavy (non-hydrogen) atoms. The predicted octanol–water partition coefficient (Wildman–Crippen LogP) is 3.16. The third-order valence-electron chi connectivity index (χ3n) is 7.32. The summed E-state index contributed by atoms with van der Waals surface area (Å²) in [7, 11) is 0.475. The molecular weight excluding hydrogens is 516 g/mol. The second-order valence-electron chi connectivity index (χ2n) is 10.2. The molecule has 2 saturated carbocycles. The van der Waals surface area contributed by atoms with Crippen LogP contribution in [0.5, 0.6) is 0 Å². The first-order valence-electron chi connectivity index (χ1n) is 13.2. The second kappa shape index (κ2) is 10.4. The van der Waals surface area contributed by atoms with E-state index in [2.05, 4.69) is 41.1 Å². The van der Waals surface area contributed by atoms with Crippen LogP contribution >= 0.6 is 0 Å². The van der Waals surface area contributed by atoms with Gasteiger partial charge in [0, 0.05) is 55.0 Å². The van der Waals surface area contributed by atoms with E-state index >= 15 is 0 Å². The molecule has 2 aliphatic carbocycles. The number of aromatic nitrogens is 7. The van der Waals surface area contributed by atoms with Gasteiger partial charge in [-0.15, -0.1) is 0 Å². The summed E-state index contributed by atoms with van der Waals surface area (Å²) in [5.74, 6) is 1.54. The van der Waals surface area contributed by atoms with E-state index < -0.39 is 10.0 Å². The van der Waals surface area contributed by atoms with E-state index in [4.69, 9.17) is 0 Å². The van der Waals surface area contributed by atoms with Gasteiger partial charge in [0.1, 0.15) is 11.6 Å². The maximum Gasteiger partial charge on any atom is 0.256 e. The average Bonchev–Trinajstić information content (AvgIpc) is 3.53. The van der Waals surface area contributed by atoms with Gasteiger partial charge in [-0.1, -0.05) is 0 Å². The zero-order valence-corrected chi connectivity index (χ0v) is 22.8. The number of rotatable bonds is 9. The largest absolute Gasteiger partial charge is 0.382 e. The normalized spacial score (nSPS) is 19.6. The van der Waals surface area contributed by atoms with Crippen molar-refractivity contribution in [3.05, 3.63) is 49.2 Å². The van der Waals surface area contributed by atoms with Crippen LogP contribution in [0.2, 0.25) is 0 Å². The summed E-state index contributed by atoms with van der Waals surface area (Å²) in [4.78, 5) is 13.5. The molecule has 204 valence electrons. The molecule has 0 amide bonds. The molecule has 0 spiro atoms. The minimum Gasteiger partial charge on any atom is -0.382 e. The van der Waals surface area contributed by atoms with Gasteiger partial charge in [0.25, 0.3) is 10.0 Å². The van der Waals surface area contributed by atoms with Crippen molar-refractivity contribution in [3.8, 4) is 22.6 Å². The van der Waals surface area contributed by atoms with Gasteiger partial charge < -0.3 is 16.0 Å². The summed E-state index contributed by atoms with van der Waals surface area (Å²) in [6.45, 7) is 0. The number of aryl methyl sites for hydroxylation is 1. The van der Waals surface area contributed by atoms with Gasteiger partial charge in [0.2, 0.25) is 0 Å². The number of nitrogens with zero attached hydrogens (tertiary/aromatic N) is 7. The Kier molecular flexibility index (Phi) is 6.77. The Morgan fingerprint density at radius 2 is 1.77 bits per heavy atom. The Morgan fingerprint density at radius 1 is 0.974 bits per heavy atom. The minimum atomic E-state index is -3.45. The lowest BCUT2D eigenvalue weighted by Crippen LogP contribution is -2.35. The Balaban J connectivity index is 1.24. The molecule has 0 unspecified atom stereocenters. The standard InChI is InChI=1S/C26H32N10O2S/c1-27-18-3-5-19(6-4-18)31-23-13-25(29-15-21(23)22-10-12-35(2)34-22)32-24-9-11-28-26(33-24)17-14-30-36(16-17)39(37,38)20-7-8-20/h9-16,18-20,27H,3-8H2,1-2H3,(H2,28,29,31,32,33). The third-order valence-corrected chi connectivity index (χ3v) is 9.36. The van der Waals surface area contributed by atoms with Crippen molar-refractivity contribution < 1.29 is 8.42 Å². The van der Waals surface area contributed by atoms with Gasteiger partial charge in [-0.3, -0.25) is 4.68 Å². The summed E-state index contributed by atoms with van der Waals surface area (Å²) in [6.07, 6.45) is 14.1. The van der Waals surface area contributed by atoms with E-state index in [1.54, 1.807) is 16.9 Å². The van der Waals surface area contributed by atoms with E-state index in [0.29, 0.717) is 47.9 Å². The molecule has 0 atom stereocenters. The molecule has 0 saturated heterocycles. The van der Waals surface area contributed by atoms with Crippen LogP contribution in [0.1, 0.15) is 38.5 Å². The zero-order chi connectivity index (χ0) is 27.0. The first kappa shape index (κ1) is 25.4. The number of hydrogen-bond acceptors (Lipinski definition) is 10. The first-order valence-corrected chi connectivity index (χ1v) is 14.7. The Bertz CT molecular complexity index is 1570. The highest BCUT2D eigenvalue weighted by atomic mass is 32.2. The van der Waals surface area contributed by atoms with Crippen molar-refractivity contribution in [2.45, 2.75) is 55.9 Å². The van der Waals surface area contributed by atoms with Gasteiger partial charge in [-0.05, 0) is 57.7 Å². The van der Waals surface area contributed by atoms with Crippen molar-refractivity contribution >= 4 is 27.3 Å². The van der Waals surface area contributed by atoms with Crippen LogP contribution in [-0.2, 0) is 17.1 Å². The monoisotopic (exact) mass is 548 g/mol.